The molecule has 6 nitrogen and oxygen atoms in total. The van der Waals surface area contributed by atoms with Gasteiger partial charge in [0.05, 0.1) is 10.5 Å². The highest BCUT2D eigenvalue weighted by atomic mass is 32.2. The maximum atomic E-state index is 11.6. The van der Waals surface area contributed by atoms with Crippen molar-refractivity contribution in [2.45, 2.75) is 6.61 Å². The van der Waals surface area contributed by atoms with Gasteiger partial charge in [-0.2, -0.15) is 0 Å². The molecule has 2 aromatic rings. The van der Waals surface area contributed by atoms with Gasteiger partial charge in [-0.15, -0.1) is 0 Å². The van der Waals surface area contributed by atoms with E-state index in [0.29, 0.717) is 10.7 Å². The van der Waals surface area contributed by atoms with Gasteiger partial charge in [0, 0.05) is 0 Å². The summed E-state index contributed by atoms with van der Waals surface area (Å²) in [5.74, 6) is -0.603. The lowest BCUT2D eigenvalue weighted by Gasteiger charge is -2.07. The van der Waals surface area contributed by atoms with Crippen molar-refractivity contribution in [3.05, 3.63) is 70.1 Å². The molecular weight excluding hydrogens is 340 g/mol. The minimum absolute atomic E-state index is 0.125. The number of thioether (sulfide) groups is 1. The zero-order valence-electron chi connectivity index (χ0n) is 13.0. The number of ether oxygens (including phenoxy) is 1. The second-order valence-corrected chi connectivity index (χ2v) is 6.31. The predicted molar refractivity (Wildman–Crippen MR) is 95.6 cm³/mol. The molecule has 1 saturated heterocycles. The Balaban J connectivity index is 1.64. The summed E-state index contributed by atoms with van der Waals surface area (Å²) in [6.45, 7) is 0.261. The van der Waals surface area contributed by atoms with Gasteiger partial charge >= 0.3 is 5.97 Å². The molecule has 1 fully saturated rings. The number of hydrogen-bond donors (Lipinski definition) is 3. The van der Waals surface area contributed by atoms with Crippen LogP contribution >= 0.6 is 11.8 Å². The first-order chi connectivity index (χ1) is 12.0. The maximum absolute atomic E-state index is 11.6. The Kier molecular flexibility index (Phi) is 4.85. The highest BCUT2D eigenvalue weighted by molar-refractivity contribution is 8.18. The number of aromatic carboxylic acids is 1. The minimum Gasteiger partial charge on any atom is -0.489 e. The number of nitrogens with one attached hydrogen (secondary N) is 2. The van der Waals surface area contributed by atoms with Crippen LogP contribution in [0.1, 0.15) is 21.5 Å². The lowest BCUT2D eigenvalue weighted by atomic mass is 10.1. The quantitative estimate of drug-likeness (QED) is 0.717. The normalized spacial score (nSPS) is 15.3. The van der Waals surface area contributed by atoms with Crippen LogP contribution in [0.25, 0.3) is 6.08 Å². The Bertz CT molecular complexity index is 875. The van der Waals surface area contributed by atoms with E-state index in [0.717, 1.165) is 22.9 Å². The van der Waals surface area contributed by atoms with Crippen LogP contribution in [-0.2, 0) is 11.4 Å². The van der Waals surface area contributed by atoms with E-state index < -0.39 is 5.97 Å². The SMILES string of the molecule is N=C1NC(=O)/C(=C\c2ccc(OCc3cccc(C(=O)O)c3)cc2)S1. The third-order valence-corrected chi connectivity index (χ3v) is 4.25. The van der Waals surface area contributed by atoms with Gasteiger partial charge in [0.25, 0.3) is 5.91 Å². The van der Waals surface area contributed by atoms with Crippen LogP contribution < -0.4 is 10.1 Å². The fourth-order valence-corrected chi connectivity index (χ4v) is 2.92. The highest BCUT2D eigenvalue weighted by Gasteiger charge is 2.21. The van der Waals surface area contributed by atoms with E-state index in [1.807, 2.05) is 12.1 Å². The number of benzene rings is 2. The van der Waals surface area contributed by atoms with Crippen molar-refractivity contribution in [3.63, 3.8) is 0 Å². The summed E-state index contributed by atoms with van der Waals surface area (Å²) in [6.07, 6.45) is 1.71. The molecule has 3 rings (SSSR count). The molecule has 1 aliphatic rings. The van der Waals surface area contributed by atoms with E-state index in [-0.39, 0.29) is 23.2 Å². The number of carboxylic acid groups (broad SMARTS) is 1. The first kappa shape index (κ1) is 16.8. The van der Waals surface area contributed by atoms with Crippen LogP contribution in [0.3, 0.4) is 0 Å². The Labute approximate surface area is 148 Å². The zero-order valence-corrected chi connectivity index (χ0v) is 13.8. The first-order valence-corrected chi connectivity index (χ1v) is 8.17. The molecule has 3 N–H and O–H groups in total. The number of hydrogen-bond acceptors (Lipinski definition) is 5. The summed E-state index contributed by atoms with van der Waals surface area (Å²) in [7, 11) is 0. The number of amidine groups is 1. The Morgan fingerprint density at radius 2 is 2.00 bits per heavy atom. The van der Waals surface area contributed by atoms with Gasteiger partial charge < -0.3 is 15.2 Å². The predicted octanol–water partition coefficient (Wildman–Crippen LogP) is 3.10. The minimum atomic E-state index is -0.971. The van der Waals surface area contributed by atoms with Gasteiger partial charge in [-0.1, -0.05) is 24.3 Å². The summed E-state index contributed by atoms with van der Waals surface area (Å²) in [6, 6.07) is 13.8. The van der Waals surface area contributed by atoms with Gasteiger partial charge in [-0.3, -0.25) is 10.2 Å². The van der Waals surface area contributed by atoms with E-state index in [1.54, 1.807) is 36.4 Å². The molecule has 0 atom stereocenters. The van der Waals surface area contributed by atoms with Crippen molar-refractivity contribution >= 4 is 34.9 Å². The number of amides is 1. The van der Waals surface area contributed by atoms with Crippen molar-refractivity contribution in [3.8, 4) is 5.75 Å². The molecule has 1 heterocycles. The van der Waals surface area contributed by atoms with E-state index >= 15 is 0 Å². The second kappa shape index (κ2) is 7.23. The van der Waals surface area contributed by atoms with E-state index in [2.05, 4.69) is 5.32 Å². The van der Waals surface area contributed by atoms with Crippen LogP contribution in [-0.4, -0.2) is 22.2 Å². The van der Waals surface area contributed by atoms with Gasteiger partial charge in [-0.25, -0.2) is 4.79 Å². The lowest BCUT2D eigenvalue weighted by molar-refractivity contribution is -0.115. The molecule has 0 aromatic heterocycles. The third kappa shape index (κ3) is 4.27. The number of rotatable bonds is 5. The highest BCUT2D eigenvalue weighted by Crippen LogP contribution is 2.25. The number of carboxylic acids is 1. The smallest absolute Gasteiger partial charge is 0.335 e. The molecular formula is C18H14N2O4S. The van der Waals surface area contributed by atoms with Gasteiger partial charge in [0.15, 0.2) is 5.17 Å². The third-order valence-electron chi connectivity index (χ3n) is 3.42. The van der Waals surface area contributed by atoms with Crippen LogP contribution in [0.2, 0.25) is 0 Å². The van der Waals surface area contributed by atoms with Gasteiger partial charge in [0.2, 0.25) is 0 Å². The fraction of sp³-hybridized carbons (Fsp3) is 0.0556. The molecule has 126 valence electrons. The van der Waals surface area contributed by atoms with Crippen molar-refractivity contribution < 1.29 is 19.4 Å². The monoisotopic (exact) mass is 354 g/mol. The van der Waals surface area contributed by atoms with Crippen molar-refractivity contribution in [1.29, 1.82) is 5.41 Å². The summed E-state index contributed by atoms with van der Waals surface area (Å²) in [4.78, 5) is 23.0. The summed E-state index contributed by atoms with van der Waals surface area (Å²) in [5.41, 5.74) is 1.82. The van der Waals surface area contributed by atoms with Crippen LogP contribution in [0.15, 0.2) is 53.4 Å². The summed E-state index contributed by atoms with van der Waals surface area (Å²) in [5, 5.41) is 19.0. The topological polar surface area (TPSA) is 99.5 Å². The molecule has 0 unspecified atom stereocenters. The van der Waals surface area contributed by atoms with Gasteiger partial charge in [0.1, 0.15) is 12.4 Å². The number of carbonyl (C=O) groups excluding carboxylic acids is 1. The largest absolute Gasteiger partial charge is 0.489 e. The molecule has 1 aliphatic heterocycles. The number of carbonyl (C=O) groups is 2. The average Bonchev–Trinajstić information content (AvgIpc) is 2.92. The van der Waals surface area contributed by atoms with E-state index in [4.69, 9.17) is 15.3 Å². The second-order valence-electron chi connectivity index (χ2n) is 5.26. The molecule has 0 saturated carbocycles. The van der Waals surface area contributed by atoms with Crippen LogP contribution in [0.5, 0.6) is 5.75 Å². The molecule has 2 aromatic carbocycles. The lowest BCUT2D eigenvalue weighted by Crippen LogP contribution is -2.18. The Morgan fingerprint density at radius 1 is 1.24 bits per heavy atom. The standard InChI is InChI=1S/C18H14N2O4S/c19-18-20-16(21)15(25-18)9-11-4-6-14(7-5-11)24-10-12-2-1-3-13(8-12)17(22)23/h1-9H,10H2,(H,22,23)(H2,19,20,21)/b15-9+. The average molecular weight is 354 g/mol. The summed E-state index contributed by atoms with van der Waals surface area (Å²) >= 11 is 1.09. The van der Waals surface area contributed by atoms with Crippen LogP contribution in [0.4, 0.5) is 0 Å². The summed E-state index contributed by atoms with van der Waals surface area (Å²) < 4.78 is 5.66. The zero-order chi connectivity index (χ0) is 17.8. The Morgan fingerprint density at radius 3 is 2.64 bits per heavy atom. The van der Waals surface area contributed by atoms with Gasteiger partial charge in [-0.05, 0) is 53.2 Å². The fourth-order valence-electron chi connectivity index (χ4n) is 2.21. The molecule has 0 bridgehead atoms. The van der Waals surface area contributed by atoms with E-state index in [9.17, 15) is 9.59 Å². The van der Waals surface area contributed by atoms with Crippen molar-refractivity contribution in [1.82, 2.24) is 5.32 Å². The molecule has 25 heavy (non-hydrogen) atoms. The molecule has 0 spiro atoms. The molecule has 7 heteroatoms. The first-order valence-electron chi connectivity index (χ1n) is 7.36. The molecule has 1 amide bonds. The molecule has 0 aliphatic carbocycles. The molecule has 0 radical (unpaired) electrons. The maximum Gasteiger partial charge on any atom is 0.335 e. The van der Waals surface area contributed by atoms with Crippen molar-refractivity contribution in [2.75, 3.05) is 0 Å². The van der Waals surface area contributed by atoms with Crippen LogP contribution in [0, 0.1) is 5.41 Å². The van der Waals surface area contributed by atoms with Crippen molar-refractivity contribution in [2.24, 2.45) is 0 Å². The Hall–Kier alpha value is -3.06. The van der Waals surface area contributed by atoms with E-state index in [1.165, 1.54) is 6.07 Å².